The molecule has 0 aromatic carbocycles. The minimum Gasteiger partial charge on any atom is -0.413 e. The van der Waals surface area contributed by atoms with Gasteiger partial charge in [0.05, 0.1) is 5.60 Å². The molecule has 0 aromatic heterocycles. The fourth-order valence-electron chi connectivity index (χ4n) is 12.4. The van der Waals surface area contributed by atoms with E-state index in [0.29, 0.717) is 33.6 Å². The summed E-state index contributed by atoms with van der Waals surface area (Å²) < 4.78 is 7.38. The fourth-order valence-corrected chi connectivity index (χ4v) is 18.0. The molecule has 3 fully saturated rings. The summed E-state index contributed by atoms with van der Waals surface area (Å²) in [6.07, 6.45) is 20.3. The second kappa shape index (κ2) is 13.3. The average Bonchev–Trinajstić information content (AvgIpc) is 3.27. The van der Waals surface area contributed by atoms with E-state index in [9.17, 15) is 5.11 Å². The Balaban J connectivity index is 1.46. The summed E-state index contributed by atoms with van der Waals surface area (Å²) in [7, 11) is -1.85. The van der Waals surface area contributed by atoms with Crippen LogP contribution in [0.5, 0.6) is 0 Å². The van der Waals surface area contributed by atoms with Gasteiger partial charge < -0.3 is 9.53 Å². The summed E-state index contributed by atoms with van der Waals surface area (Å²) in [6, 6.07) is 0. The largest absolute Gasteiger partial charge is 0.413 e. The topological polar surface area (TPSA) is 29.5 Å². The standard InChI is InChI=1S/C39H72O2Si/c1-12-21-39(40,22-13-2)25-18-30(9)34-16-17-35-33-15-14-31-26-32(41-42(27(3)4,28(5)6)29(7)8)19-23-37(31,10)36(33)20-24-38(34,35)11/h14,27-30,32-36,40H,12-13,15-26H2,1-11H3/t30-,32+,33+,34-,35+,36+,37+,38-/m1/s1. The van der Waals surface area contributed by atoms with Gasteiger partial charge in [-0.05, 0) is 134 Å². The van der Waals surface area contributed by atoms with E-state index in [-0.39, 0.29) is 0 Å². The number of allylic oxidation sites excluding steroid dienone is 1. The van der Waals surface area contributed by atoms with Crippen molar-refractivity contribution in [2.45, 2.75) is 194 Å². The van der Waals surface area contributed by atoms with Crippen molar-refractivity contribution >= 4 is 8.32 Å². The number of fused-ring (bicyclic) bond motifs is 5. The molecule has 0 aromatic rings. The number of aliphatic hydroxyl groups is 1. The monoisotopic (exact) mass is 601 g/mol. The van der Waals surface area contributed by atoms with Crippen LogP contribution in [0, 0.1) is 40.4 Å². The molecular formula is C39H72O2Si. The van der Waals surface area contributed by atoms with E-state index in [0.717, 1.165) is 61.7 Å². The molecule has 4 aliphatic carbocycles. The normalized spacial score (nSPS) is 36.2. The van der Waals surface area contributed by atoms with Crippen LogP contribution in [0.25, 0.3) is 0 Å². The van der Waals surface area contributed by atoms with Gasteiger partial charge in [0.25, 0.3) is 0 Å². The number of hydrogen-bond acceptors (Lipinski definition) is 2. The van der Waals surface area contributed by atoms with Crippen molar-refractivity contribution in [3.05, 3.63) is 11.6 Å². The second-order valence-electron chi connectivity index (χ2n) is 17.5. The number of rotatable bonds is 13. The lowest BCUT2D eigenvalue weighted by molar-refractivity contribution is -0.0591. The van der Waals surface area contributed by atoms with E-state index in [2.05, 4.69) is 82.2 Å². The first-order chi connectivity index (χ1) is 19.7. The molecule has 4 rings (SSSR count). The van der Waals surface area contributed by atoms with Crippen molar-refractivity contribution < 1.29 is 9.53 Å². The first-order valence-electron chi connectivity index (χ1n) is 18.8. The summed E-state index contributed by atoms with van der Waals surface area (Å²) in [5.74, 6) is 4.19. The van der Waals surface area contributed by atoms with E-state index in [1.54, 1.807) is 5.57 Å². The lowest BCUT2D eigenvalue weighted by Crippen LogP contribution is -2.53. The van der Waals surface area contributed by atoms with Gasteiger partial charge in [0.2, 0.25) is 8.32 Å². The van der Waals surface area contributed by atoms with E-state index >= 15 is 0 Å². The molecule has 0 bridgehead atoms. The van der Waals surface area contributed by atoms with Crippen LogP contribution in [0.15, 0.2) is 11.6 Å². The van der Waals surface area contributed by atoms with E-state index in [4.69, 9.17) is 4.43 Å². The van der Waals surface area contributed by atoms with Crippen molar-refractivity contribution in [3.63, 3.8) is 0 Å². The van der Waals surface area contributed by atoms with Crippen LogP contribution < -0.4 is 0 Å². The maximum atomic E-state index is 11.3. The van der Waals surface area contributed by atoms with Gasteiger partial charge in [-0.2, -0.15) is 0 Å². The zero-order valence-electron chi connectivity index (χ0n) is 30.0. The molecule has 0 amide bonds. The van der Waals surface area contributed by atoms with Crippen LogP contribution in [-0.2, 0) is 4.43 Å². The summed E-state index contributed by atoms with van der Waals surface area (Å²) in [6.45, 7) is 27.0. The smallest absolute Gasteiger partial charge is 0.200 e. The summed E-state index contributed by atoms with van der Waals surface area (Å²) in [5.41, 5.74) is 4.22. The first kappa shape index (κ1) is 34.7. The Morgan fingerprint density at radius 1 is 0.857 bits per heavy atom. The van der Waals surface area contributed by atoms with Gasteiger partial charge in [0.1, 0.15) is 0 Å². The molecule has 3 heteroatoms. The maximum Gasteiger partial charge on any atom is 0.200 e. The molecular weight excluding hydrogens is 529 g/mol. The molecule has 0 saturated heterocycles. The van der Waals surface area contributed by atoms with Gasteiger partial charge in [-0.1, -0.05) is 101 Å². The van der Waals surface area contributed by atoms with E-state index in [1.807, 2.05) is 0 Å². The highest BCUT2D eigenvalue weighted by molar-refractivity contribution is 6.77. The molecule has 0 aliphatic heterocycles. The molecule has 3 saturated carbocycles. The van der Waals surface area contributed by atoms with Gasteiger partial charge in [-0.15, -0.1) is 0 Å². The Hall–Kier alpha value is -0.123. The minimum atomic E-state index is -1.85. The zero-order chi connectivity index (χ0) is 31.1. The van der Waals surface area contributed by atoms with Crippen molar-refractivity contribution in [3.8, 4) is 0 Å². The molecule has 0 heterocycles. The highest BCUT2D eigenvalue weighted by atomic mass is 28.4. The van der Waals surface area contributed by atoms with E-state index in [1.165, 1.54) is 57.8 Å². The molecule has 0 unspecified atom stereocenters. The minimum absolute atomic E-state index is 0.391. The molecule has 0 radical (unpaired) electrons. The van der Waals surface area contributed by atoms with Crippen LogP contribution in [0.3, 0.4) is 0 Å². The van der Waals surface area contributed by atoms with Crippen molar-refractivity contribution in [2.24, 2.45) is 40.4 Å². The molecule has 244 valence electrons. The predicted molar refractivity (Wildman–Crippen MR) is 184 cm³/mol. The molecule has 2 nitrogen and oxygen atoms in total. The Morgan fingerprint density at radius 3 is 2.05 bits per heavy atom. The van der Waals surface area contributed by atoms with Gasteiger partial charge in [-0.25, -0.2) is 0 Å². The van der Waals surface area contributed by atoms with Crippen LogP contribution in [0.2, 0.25) is 16.6 Å². The Kier molecular flexibility index (Phi) is 11.0. The van der Waals surface area contributed by atoms with Crippen LogP contribution in [-0.4, -0.2) is 25.1 Å². The lowest BCUT2D eigenvalue weighted by atomic mass is 9.47. The molecule has 8 atom stereocenters. The van der Waals surface area contributed by atoms with Crippen LogP contribution in [0.1, 0.15) is 166 Å². The van der Waals surface area contributed by atoms with Gasteiger partial charge in [0, 0.05) is 6.10 Å². The third-order valence-electron chi connectivity index (χ3n) is 14.4. The average molecular weight is 601 g/mol. The second-order valence-corrected chi connectivity index (χ2v) is 22.9. The van der Waals surface area contributed by atoms with Gasteiger partial charge in [-0.3, -0.25) is 0 Å². The Morgan fingerprint density at radius 2 is 1.48 bits per heavy atom. The molecule has 42 heavy (non-hydrogen) atoms. The van der Waals surface area contributed by atoms with Crippen molar-refractivity contribution in [2.75, 3.05) is 0 Å². The zero-order valence-corrected chi connectivity index (χ0v) is 31.0. The Labute approximate surface area is 263 Å². The van der Waals surface area contributed by atoms with Crippen LogP contribution in [0.4, 0.5) is 0 Å². The number of hydrogen-bond donors (Lipinski definition) is 1. The highest BCUT2D eigenvalue weighted by Gasteiger charge is 2.59. The van der Waals surface area contributed by atoms with Gasteiger partial charge >= 0.3 is 0 Å². The lowest BCUT2D eigenvalue weighted by Gasteiger charge is -2.59. The quantitative estimate of drug-likeness (QED) is 0.168. The Bertz CT molecular complexity index is 894. The summed E-state index contributed by atoms with van der Waals surface area (Å²) in [5, 5.41) is 11.3. The third kappa shape index (κ3) is 6.16. The summed E-state index contributed by atoms with van der Waals surface area (Å²) >= 11 is 0. The summed E-state index contributed by atoms with van der Waals surface area (Å²) in [4.78, 5) is 0. The van der Waals surface area contributed by atoms with Gasteiger partial charge in [0.15, 0.2) is 0 Å². The third-order valence-corrected chi connectivity index (χ3v) is 20.5. The van der Waals surface area contributed by atoms with Crippen molar-refractivity contribution in [1.29, 1.82) is 0 Å². The molecule has 1 N–H and O–H groups in total. The predicted octanol–water partition coefficient (Wildman–Crippen LogP) is 11.9. The van der Waals surface area contributed by atoms with Crippen molar-refractivity contribution in [1.82, 2.24) is 0 Å². The molecule has 0 spiro atoms. The van der Waals surface area contributed by atoms with E-state index < -0.39 is 13.9 Å². The fraction of sp³-hybridized carbons (Fsp3) is 0.949. The van der Waals surface area contributed by atoms with Crippen LogP contribution >= 0.6 is 0 Å². The maximum absolute atomic E-state index is 11.3. The highest BCUT2D eigenvalue weighted by Crippen LogP contribution is 2.67. The first-order valence-corrected chi connectivity index (χ1v) is 20.9. The molecule has 4 aliphatic rings. The SMILES string of the molecule is CCCC(O)(CCC)CC[C@@H](C)[C@H]1CC[C@H]2[C@@H]3CC=C4C[C@@H](O[Si](C(C)C)(C(C)C)C(C)C)CC[C@]4(C)[C@H]3CC[C@]12C.